The third-order valence-corrected chi connectivity index (χ3v) is 3.90. The second-order valence-corrected chi connectivity index (χ2v) is 5.78. The van der Waals surface area contributed by atoms with Crippen molar-refractivity contribution in [2.24, 2.45) is 0 Å². The minimum Gasteiger partial charge on any atom is -0.489 e. The number of anilines is 1. The number of hydrogen-bond donors (Lipinski definition) is 1. The Morgan fingerprint density at radius 1 is 1.12 bits per heavy atom. The monoisotopic (exact) mass is 348 g/mol. The number of benzene rings is 2. The lowest BCUT2D eigenvalue weighted by Crippen LogP contribution is -2.14. The molecule has 0 unspecified atom stereocenters. The number of nitrogens with zero attached hydrogens (tertiary/aromatic N) is 1. The molecular weight excluding hydrogens is 332 g/mol. The maximum absolute atomic E-state index is 12.7. The molecule has 0 aliphatic heterocycles. The van der Waals surface area contributed by atoms with Gasteiger partial charge in [0.2, 0.25) is 0 Å². The molecule has 0 fully saturated rings. The highest BCUT2D eigenvalue weighted by Crippen LogP contribution is 2.28. The van der Waals surface area contributed by atoms with Gasteiger partial charge < -0.3 is 19.0 Å². The van der Waals surface area contributed by atoms with E-state index in [2.05, 4.69) is 10.5 Å². The summed E-state index contributed by atoms with van der Waals surface area (Å²) in [6.45, 7) is 1.96. The van der Waals surface area contributed by atoms with Crippen molar-refractivity contribution < 1.29 is 18.5 Å². The van der Waals surface area contributed by atoms with Gasteiger partial charge >= 0.3 is 0 Å². The Balaban J connectivity index is 1.65. The number of nitrogens with one attached hydrogen (secondary N) is 1. The summed E-state index contributed by atoms with van der Waals surface area (Å²) in [5, 5.41) is 7.30. The van der Waals surface area contributed by atoms with Crippen LogP contribution >= 0.6 is 0 Å². The third-order valence-electron chi connectivity index (χ3n) is 3.90. The highest BCUT2D eigenvalue weighted by atomic mass is 16.5. The molecule has 1 amide bonds. The molecule has 0 atom stereocenters. The number of aromatic nitrogens is 1. The van der Waals surface area contributed by atoms with Gasteiger partial charge in [0, 0.05) is 17.0 Å². The molecule has 0 saturated heterocycles. The van der Waals surface area contributed by atoms with Gasteiger partial charge in [-0.15, -0.1) is 0 Å². The molecule has 0 bridgehead atoms. The first kappa shape index (κ1) is 16.0. The second kappa shape index (κ2) is 6.76. The van der Waals surface area contributed by atoms with Crippen LogP contribution in [0.1, 0.15) is 21.9 Å². The lowest BCUT2D eigenvalue weighted by atomic mass is 10.1. The van der Waals surface area contributed by atoms with Gasteiger partial charge in [0.15, 0.2) is 11.6 Å². The fraction of sp³-hybridized carbons (Fsp3) is 0.100. The quantitative estimate of drug-likeness (QED) is 0.572. The van der Waals surface area contributed by atoms with Crippen LogP contribution in [0, 0.1) is 6.92 Å². The Kier molecular flexibility index (Phi) is 4.15. The fourth-order valence-corrected chi connectivity index (χ4v) is 2.70. The zero-order valence-electron chi connectivity index (χ0n) is 14.1. The summed E-state index contributed by atoms with van der Waals surface area (Å²) < 4.78 is 16.6. The Labute approximate surface area is 149 Å². The molecule has 2 aromatic heterocycles. The van der Waals surface area contributed by atoms with Crippen LogP contribution in [0.3, 0.4) is 0 Å². The molecule has 6 nitrogen and oxygen atoms in total. The second-order valence-electron chi connectivity index (χ2n) is 5.78. The van der Waals surface area contributed by atoms with Crippen LogP contribution in [-0.4, -0.2) is 11.1 Å². The van der Waals surface area contributed by atoms with Crippen LogP contribution in [0.5, 0.6) is 5.75 Å². The molecule has 4 rings (SSSR count). The predicted molar refractivity (Wildman–Crippen MR) is 96.2 cm³/mol. The third kappa shape index (κ3) is 3.17. The SMILES string of the molecule is Cc1cc(NC(=O)c2oc3ccccc3c2COc2ccccc2)no1. The Bertz CT molecular complexity index is 1050. The van der Waals surface area contributed by atoms with Crippen LogP contribution in [0.4, 0.5) is 5.82 Å². The number of fused-ring (bicyclic) bond motifs is 1. The van der Waals surface area contributed by atoms with Gasteiger partial charge in [0.05, 0.1) is 0 Å². The smallest absolute Gasteiger partial charge is 0.293 e. The zero-order chi connectivity index (χ0) is 17.9. The van der Waals surface area contributed by atoms with Gasteiger partial charge in [-0.05, 0) is 25.1 Å². The van der Waals surface area contributed by atoms with Crippen molar-refractivity contribution >= 4 is 22.7 Å². The number of amides is 1. The van der Waals surface area contributed by atoms with Crippen molar-refractivity contribution in [2.75, 3.05) is 5.32 Å². The Morgan fingerprint density at radius 3 is 2.65 bits per heavy atom. The number of ether oxygens (including phenoxy) is 1. The molecular formula is C20H16N2O4. The van der Waals surface area contributed by atoms with E-state index >= 15 is 0 Å². The summed E-state index contributed by atoms with van der Waals surface area (Å²) in [5.41, 5.74) is 1.31. The molecule has 130 valence electrons. The molecule has 2 heterocycles. The highest BCUT2D eigenvalue weighted by Gasteiger charge is 2.22. The van der Waals surface area contributed by atoms with E-state index in [-0.39, 0.29) is 12.4 Å². The van der Waals surface area contributed by atoms with E-state index in [0.717, 1.165) is 11.1 Å². The first-order chi connectivity index (χ1) is 12.7. The van der Waals surface area contributed by atoms with Crippen molar-refractivity contribution in [1.29, 1.82) is 0 Å². The lowest BCUT2D eigenvalue weighted by molar-refractivity contribution is 0.0994. The van der Waals surface area contributed by atoms with E-state index in [0.29, 0.717) is 22.7 Å². The highest BCUT2D eigenvalue weighted by molar-refractivity contribution is 6.06. The number of carbonyl (C=O) groups is 1. The minimum absolute atomic E-state index is 0.197. The van der Waals surface area contributed by atoms with Gasteiger partial charge in [-0.3, -0.25) is 4.79 Å². The van der Waals surface area contributed by atoms with Crippen molar-refractivity contribution in [1.82, 2.24) is 5.16 Å². The van der Waals surface area contributed by atoms with Crippen LogP contribution in [0.2, 0.25) is 0 Å². The van der Waals surface area contributed by atoms with Gasteiger partial charge in [0.1, 0.15) is 23.7 Å². The van der Waals surface area contributed by atoms with Crippen LogP contribution < -0.4 is 10.1 Å². The van der Waals surface area contributed by atoms with Crippen LogP contribution in [0.25, 0.3) is 11.0 Å². The van der Waals surface area contributed by atoms with Crippen molar-refractivity contribution in [3.05, 3.63) is 77.7 Å². The number of para-hydroxylation sites is 2. The first-order valence-corrected chi connectivity index (χ1v) is 8.13. The number of furan rings is 1. The predicted octanol–water partition coefficient (Wildman–Crippen LogP) is 4.56. The van der Waals surface area contributed by atoms with E-state index in [1.165, 1.54) is 0 Å². The maximum Gasteiger partial charge on any atom is 0.293 e. The molecule has 0 spiro atoms. The Hall–Kier alpha value is -3.54. The molecule has 26 heavy (non-hydrogen) atoms. The van der Waals surface area contributed by atoms with E-state index in [9.17, 15) is 4.79 Å². The van der Waals surface area contributed by atoms with Crippen molar-refractivity contribution in [2.45, 2.75) is 13.5 Å². The number of carbonyl (C=O) groups excluding carboxylic acids is 1. The molecule has 0 aliphatic rings. The largest absolute Gasteiger partial charge is 0.489 e. The van der Waals surface area contributed by atoms with Crippen molar-refractivity contribution in [3.8, 4) is 5.75 Å². The molecule has 0 aliphatic carbocycles. The summed E-state index contributed by atoms with van der Waals surface area (Å²) >= 11 is 0. The normalized spacial score (nSPS) is 10.8. The summed E-state index contributed by atoms with van der Waals surface area (Å²) in [6.07, 6.45) is 0. The van der Waals surface area contributed by atoms with Gasteiger partial charge in [-0.25, -0.2) is 0 Å². The number of aryl methyl sites for hydroxylation is 1. The van der Waals surface area contributed by atoms with Crippen LogP contribution in [-0.2, 0) is 6.61 Å². The van der Waals surface area contributed by atoms with E-state index in [1.54, 1.807) is 13.0 Å². The average molecular weight is 348 g/mol. The minimum atomic E-state index is -0.402. The Morgan fingerprint density at radius 2 is 1.88 bits per heavy atom. The standard InChI is InChI=1S/C20H16N2O4/c1-13-11-18(22-26-13)21-20(23)19-16(12-24-14-7-3-2-4-8-14)15-9-5-6-10-17(15)25-19/h2-11H,12H2,1H3,(H,21,22,23). The van der Waals surface area contributed by atoms with Crippen LogP contribution in [0.15, 0.2) is 69.6 Å². The van der Waals surface area contributed by atoms with Crippen molar-refractivity contribution in [3.63, 3.8) is 0 Å². The molecule has 1 N–H and O–H groups in total. The van der Waals surface area contributed by atoms with E-state index < -0.39 is 5.91 Å². The summed E-state index contributed by atoms with van der Waals surface area (Å²) in [6, 6.07) is 18.5. The molecule has 2 aromatic carbocycles. The number of hydrogen-bond acceptors (Lipinski definition) is 5. The van der Waals surface area contributed by atoms with E-state index in [4.69, 9.17) is 13.7 Å². The van der Waals surface area contributed by atoms with E-state index in [1.807, 2.05) is 54.6 Å². The maximum atomic E-state index is 12.7. The summed E-state index contributed by atoms with van der Waals surface area (Å²) in [5.74, 6) is 1.46. The van der Waals surface area contributed by atoms with Gasteiger partial charge in [-0.1, -0.05) is 41.6 Å². The zero-order valence-corrected chi connectivity index (χ0v) is 14.1. The molecule has 6 heteroatoms. The molecule has 0 radical (unpaired) electrons. The fourth-order valence-electron chi connectivity index (χ4n) is 2.70. The molecule has 4 aromatic rings. The average Bonchev–Trinajstić information content (AvgIpc) is 3.24. The summed E-state index contributed by atoms with van der Waals surface area (Å²) in [7, 11) is 0. The van der Waals surface area contributed by atoms with Gasteiger partial charge in [0.25, 0.3) is 5.91 Å². The van der Waals surface area contributed by atoms with Gasteiger partial charge in [-0.2, -0.15) is 0 Å². The summed E-state index contributed by atoms with van der Waals surface area (Å²) in [4.78, 5) is 12.7. The number of rotatable bonds is 5. The lowest BCUT2D eigenvalue weighted by Gasteiger charge is -2.06. The molecule has 0 saturated carbocycles. The topological polar surface area (TPSA) is 77.5 Å². The first-order valence-electron chi connectivity index (χ1n) is 8.13.